The number of hydrogen-bond acceptors (Lipinski definition) is 5. The third-order valence-electron chi connectivity index (χ3n) is 7.46. The van der Waals surface area contributed by atoms with Gasteiger partial charge in [0.2, 0.25) is 0 Å². The lowest BCUT2D eigenvalue weighted by molar-refractivity contribution is -0.138. The van der Waals surface area contributed by atoms with Gasteiger partial charge in [0.15, 0.2) is 0 Å². The number of hydrogen-bond donors (Lipinski definition) is 3. The number of halogens is 1. The van der Waals surface area contributed by atoms with Gasteiger partial charge in [0.1, 0.15) is 17.3 Å². The topological polar surface area (TPSA) is 122 Å². The van der Waals surface area contributed by atoms with Gasteiger partial charge in [-0.3, -0.25) is 14.4 Å². The van der Waals surface area contributed by atoms with Crippen LogP contribution in [0.5, 0.6) is 11.5 Å². The molecule has 9 heteroatoms. The van der Waals surface area contributed by atoms with E-state index in [1.165, 1.54) is 12.1 Å². The molecular weight excluding hydrogens is 565 g/mol. The van der Waals surface area contributed by atoms with E-state index in [1.54, 1.807) is 24.3 Å². The van der Waals surface area contributed by atoms with Crippen LogP contribution >= 0.6 is 0 Å². The molecule has 1 amide bonds. The zero-order valence-corrected chi connectivity index (χ0v) is 24.9. The summed E-state index contributed by atoms with van der Waals surface area (Å²) in [7, 11) is 0. The van der Waals surface area contributed by atoms with Gasteiger partial charge in [-0.25, -0.2) is 4.39 Å². The maximum Gasteiger partial charge on any atom is 0.303 e. The number of carboxylic acid groups (broad SMARTS) is 2. The minimum Gasteiger partial charge on any atom is -0.494 e. The van der Waals surface area contributed by atoms with Crippen LogP contribution in [0.15, 0.2) is 60.7 Å². The maximum absolute atomic E-state index is 13.9. The SMILES string of the molecule is O=C(O)CCCOc1cccc(CCCCCCOc2cc(C(=O)NC3CC3)cc(-c3cccc(F)c3)c2)c1CCC(=O)O. The van der Waals surface area contributed by atoms with Crippen LogP contribution in [0.4, 0.5) is 4.39 Å². The Morgan fingerprint density at radius 1 is 0.773 bits per heavy atom. The Kier molecular flexibility index (Phi) is 12.2. The Morgan fingerprint density at radius 2 is 1.52 bits per heavy atom. The van der Waals surface area contributed by atoms with Crippen LogP contribution in [0.25, 0.3) is 11.1 Å². The maximum atomic E-state index is 13.9. The molecule has 234 valence electrons. The molecule has 3 N–H and O–H groups in total. The molecule has 0 atom stereocenters. The molecule has 0 heterocycles. The van der Waals surface area contributed by atoms with Gasteiger partial charge < -0.3 is 25.0 Å². The first-order valence-corrected chi connectivity index (χ1v) is 15.3. The highest BCUT2D eigenvalue weighted by molar-refractivity contribution is 5.96. The van der Waals surface area contributed by atoms with E-state index < -0.39 is 11.9 Å². The highest BCUT2D eigenvalue weighted by atomic mass is 19.1. The van der Waals surface area contributed by atoms with Crippen LogP contribution in [0.1, 0.15) is 79.3 Å². The molecule has 3 aromatic rings. The molecule has 3 aromatic carbocycles. The molecule has 0 radical (unpaired) electrons. The number of nitrogens with one attached hydrogen (secondary N) is 1. The van der Waals surface area contributed by atoms with Gasteiger partial charge in [-0.15, -0.1) is 0 Å². The summed E-state index contributed by atoms with van der Waals surface area (Å²) in [5, 5.41) is 21.1. The largest absolute Gasteiger partial charge is 0.494 e. The molecule has 0 unspecified atom stereocenters. The third-order valence-corrected chi connectivity index (χ3v) is 7.46. The first-order valence-electron chi connectivity index (χ1n) is 15.3. The minimum atomic E-state index is -0.881. The van der Waals surface area contributed by atoms with Crippen molar-refractivity contribution >= 4 is 17.8 Å². The van der Waals surface area contributed by atoms with Crippen LogP contribution in [0.2, 0.25) is 0 Å². The highest BCUT2D eigenvalue weighted by Crippen LogP contribution is 2.29. The smallest absolute Gasteiger partial charge is 0.303 e. The Morgan fingerprint density at radius 3 is 2.27 bits per heavy atom. The zero-order valence-electron chi connectivity index (χ0n) is 24.9. The van der Waals surface area contributed by atoms with E-state index in [0.29, 0.717) is 42.1 Å². The van der Waals surface area contributed by atoms with Crippen LogP contribution in [-0.4, -0.2) is 47.3 Å². The van der Waals surface area contributed by atoms with E-state index in [0.717, 1.165) is 61.6 Å². The number of rotatable bonds is 19. The highest BCUT2D eigenvalue weighted by Gasteiger charge is 2.24. The number of benzene rings is 3. The van der Waals surface area contributed by atoms with Crippen molar-refractivity contribution in [2.45, 2.75) is 76.7 Å². The van der Waals surface area contributed by atoms with E-state index in [2.05, 4.69) is 5.32 Å². The average molecular weight is 606 g/mol. The van der Waals surface area contributed by atoms with Crippen molar-refractivity contribution in [1.82, 2.24) is 5.32 Å². The molecule has 8 nitrogen and oxygen atoms in total. The zero-order chi connectivity index (χ0) is 31.3. The molecule has 1 aliphatic rings. The monoisotopic (exact) mass is 605 g/mol. The van der Waals surface area contributed by atoms with Crippen molar-refractivity contribution < 1.29 is 38.5 Å². The van der Waals surface area contributed by atoms with E-state index in [4.69, 9.17) is 14.6 Å². The number of carbonyl (C=O) groups is 3. The van der Waals surface area contributed by atoms with Crippen molar-refractivity contribution in [3.05, 3.63) is 83.2 Å². The fourth-order valence-electron chi connectivity index (χ4n) is 5.01. The molecule has 0 saturated heterocycles. The molecule has 0 spiro atoms. The second-order valence-corrected chi connectivity index (χ2v) is 11.2. The Hall–Kier alpha value is -4.40. The van der Waals surface area contributed by atoms with Crippen LogP contribution in [0, 0.1) is 5.82 Å². The Labute approximate surface area is 257 Å². The van der Waals surface area contributed by atoms with Crippen LogP contribution in [0.3, 0.4) is 0 Å². The first-order chi connectivity index (χ1) is 21.3. The molecule has 44 heavy (non-hydrogen) atoms. The number of aryl methyl sites for hydroxylation is 1. The van der Waals surface area contributed by atoms with E-state index in [9.17, 15) is 23.9 Å². The van der Waals surface area contributed by atoms with Gasteiger partial charge in [0, 0.05) is 24.4 Å². The lowest BCUT2D eigenvalue weighted by Gasteiger charge is -2.15. The van der Waals surface area contributed by atoms with Crippen molar-refractivity contribution in [3.63, 3.8) is 0 Å². The number of unbranched alkanes of at least 4 members (excludes halogenated alkanes) is 3. The summed E-state index contributed by atoms with van der Waals surface area (Å²) in [4.78, 5) is 34.8. The molecule has 0 aliphatic heterocycles. The van der Waals surface area contributed by atoms with Crippen LogP contribution in [-0.2, 0) is 22.4 Å². The van der Waals surface area contributed by atoms with E-state index in [1.807, 2.05) is 24.3 Å². The molecule has 0 bridgehead atoms. The average Bonchev–Trinajstić information content (AvgIpc) is 3.82. The van der Waals surface area contributed by atoms with E-state index in [-0.39, 0.29) is 37.2 Å². The number of amides is 1. The normalized spacial score (nSPS) is 12.5. The molecule has 0 aromatic heterocycles. The van der Waals surface area contributed by atoms with Gasteiger partial charge in [-0.05, 0) is 104 Å². The molecule has 1 saturated carbocycles. The van der Waals surface area contributed by atoms with Crippen molar-refractivity contribution in [2.75, 3.05) is 13.2 Å². The Balaban J connectivity index is 1.29. The van der Waals surface area contributed by atoms with Gasteiger partial charge >= 0.3 is 11.9 Å². The first kappa shape index (κ1) is 32.5. The van der Waals surface area contributed by atoms with Gasteiger partial charge in [-0.1, -0.05) is 37.1 Å². The fourth-order valence-corrected chi connectivity index (χ4v) is 5.01. The van der Waals surface area contributed by atoms with Crippen molar-refractivity contribution in [3.8, 4) is 22.6 Å². The molecular formula is C35H40FNO7. The number of aliphatic carboxylic acids is 2. The minimum absolute atomic E-state index is 0.00972. The number of carbonyl (C=O) groups excluding carboxylic acids is 1. The van der Waals surface area contributed by atoms with Crippen molar-refractivity contribution in [2.24, 2.45) is 0 Å². The second kappa shape index (κ2) is 16.4. The van der Waals surface area contributed by atoms with Gasteiger partial charge in [0.25, 0.3) is 5.91 Å². The van der Waals surface area contributed by atoms with E-state index >= 15 is 0 Å². The summed E-state index contributed by atoms with van der Waals surface area (Å²) in [6.07, 6.45) is 7.07. The second-order valence-electron chi connectivity index (χ2n) is 11.2. The number of carboxylic acids is 2. The molecule has 4 rings (SSSR count). The fraction of sp³-hybridized carbons (Fsp3) is 0.400. The van der Waals surface area contributed by atoms with Crippen LogP contribution < -0.4 is 14.8 Å². The summed E-state index contributed by atoms with van der Waals surface area (Å²) in [6.45, 7) is 0.730. The summed E-state index contributed by atoms with van der Waals surface area (Å²) in [5.41, 5.74) is 3.79. The van der Waals surface area contributed by atoms with Gasteiger partial charge in [-0.2, -0.15) is 0 Å². The van der Waals surface area contributed by atoms with Gasteiger partial charge in [0.05, 0.1) is 13.2 Å². The third kappa shape index (κ3) is 10.7. The molecule has 1 aliphatic carbocycles. The summed E-state index contributed by atoms with van der Waals surface area (Å²) < 4.78 is 25.8. The summed E-state index contributed by atoms with van der Waals surface area (Å²) >= 11 is 0. The Bertz CT molecular complexity index is 1440. The molecule has 1 fully saturated rings. The number of ether oxygens (including phenoxy) is 2. The van der Waals surface area contributed by atoms with Crippen molar-refractivity contribution in [1.29, 1.82) is 0 Å². The predicted molar refractivity (Wildman–Crippen MR) is 165 cm³/mol. The quantitative estimate of drug-likeness (QED) is 0.128. The lowest BCUT2D eigenvalue weighted by Crippen LogP contribution is -2.25. The standard InChI is InChI=1S/C35H40FNO7/c36-28-11-5-10-25(21-28)26-20-27(35(42)37-29-14-15-29)23-30(22-26)43-18-4-2-1-3-8-24-9-6-12-32(31(24)16-17-34(40)41)44-19-7-13-33(38)39/h5-6,9-12,20-23,29H,1-4,7-8,13-19H2,(H,37,42)(H,38,39)(H,40,41). The summed E-state index contributed by atoms with van der Waals surface area (Å²) in [5.74, 6) is -1.08. The summed E-state index contributed by atoms with van der Waals surface area (Å²) in [6, 6.07) is 17.5. The predicted octanol–water partition coefficient (Wildman–Crippen LogP) is 6.83. The lowest BCUT2D eigenvalue weighted by atomic mass is 9.97.